The minimum absolute atomic E-state index is 0.429. The van der Waals surface area contributed by atoms with Gasteiger partial charge >= 0.3 is 5.97 Å². The Morgan fingerprint density at radius 1 is 1.80 bits per heavy atom. The second-order valence-corrected chi connectivity index (χ2v) is 4.95. The fourth-order valence-electron chi connectivity index (χ4n) is 1.01. The molecule has 0 aliphatic carbocycles. The maximum absolute atomic E-state index is 10.7. The van der Waals surface area contributed by atoms with E-state index in [1.165, 1.54) is 0 Å². The van der Waals surface area contributed by atoms with E-state index in [1.54, 1.807) is 36.2 Å². The summed E-state index contributed by atoms with van der Waals surface area (Å²) < 4.78 is 6.06. The van der Waals surface area contributed by atoms with Gasteiger partial charge in [-0.05, 0) is 13.3 Å². The van der Waals surface area contributed by atoms with E-state index in [0.717, 1.165) is 4.34 Å². The molecular weight excluding hydrogens is 234 g/mol. The molecule has 1 rings (SSSR count). The van der Waals surface area contributed by atoms with Crippen molar-refractivity contribution < 1.29 is 14.6 Å². The van der Waals surface area contributed by atoms with Crippen LogP contribution in [0.3, 0.4) is 0 Å². The van der Waals surface area contributed by atoms with Gasteiger partial charge in [-0.2, -0.15) is 0 Å². The number of thioether (sulfide) groups is 1. The minimum atomic E-state index is -0.892. The molecular formula is C9H13NO3S2. The van der Waals surface area contributed by atoms with Gasteiger partial charge in [0.25, 0.3) is 0 Å². The molecule has 0 aliphatic heterocycles. The summed E-state index contributed by atoms with van der Waals surface area (Å²) >= 11 is 3.12. The Morgan fingerprint density at radius 2 is 2.60 bits per heavy atom. The van der Waals surface area contributed by atoms with E-state index >= 15 is 0 Å². The Kier molecular flexibility index (Phi) is 5.67. The molecule has 0 radical (unpaired) electrons. The zero-order valence-corrected chi connectivity index (χ0v) is 10.0. The number of hydrogen-bond donors (Lipinski definition) is 1. The Morgan fingerprint density at radius 3 is 3.13 bits per heavy atom. The minimum Gasteiger partial charge on any atom is -0.479 e. The smallest absolute Gasteiger partial charge is 0.332 e. The Hall–Kier alpha value is -0.590. The first-order valence-electron chi connectivity index (χ1n) is 4.60. The fourth-order valence-corrected chi connectivity index (χ4v) is 2.70. The van der Waals surface area contributed by atoms with Gasteiger partial charge in [0.05, 0.1) is 0 Å². The van der Waals surface area contributed by atoms with Crippen molar-refractivity contribution in [2.45, 2.75) is 23.8 Å². The molecule has 1 aromatic rings. The van der Waals surface area contributed by atoms with Gasteiger partial charge < -0.3 is 9.84 Å². The van der Waals surface area contributed by atoms with Crippen molar-refractivity contribution in [2.24, 2.45) is 0 Å². The largest absolute Gasteiger partial charge is 0.479 e. The molecule has 0 fully saturated rings. The summed E-state index contributed by atoms with van der Waals surface area (Å²) in [6, 6.07) is 0. The molecule has 0 spiro atoms. The van der Waals surface area contributed by atoms with E-state index in [9.17, 15) is 4.79 Å². The zero-order chi connectivity index (χ0) is 11.1. The van der Waals surface area contributed by atoms with Crippen LogP contribution in [0.5, 0.6) is 0 Å². The first-order valence-corrected chi connectivity index (χ1v) is 6.47. The summed E-state index contributed by atoms with van der Waals surface area (Å²) in [5.74, 6) is -0.179. The van der Waals surface area contributed by atoms with Crippen LogP contribution >= 0.6 is 23.1 Å². The standard InChI is InChI=1S/C9H13NO3S2/c1-2-13-7(8(11)12)3-5-14-9-10-4-6-15-9/h4,6-7H,2-3,5H2,1H3,(H,11,12). The topological polar surface area (TPSA) is 59.4 Å². The van der Waals surface area contributed by atoms with E-state index in [4.69, 9.17) is 9.84 Å². The highest BCUT2D eigenvalue weighted by Crippen LogP contribution is 2.21. The number of carboxylic acids is 1. The number of hydrogen-bond acceptors (Lipinski definition) is 5. The van der Waals surface area contributed by atoms with Crippen molar-refractivity contribution in [3.8, 4) is 0 Å². The van der Waals surface area contributed by atoms with Gasteiger partial charge in [0, 0.05) is 23.9 Å². The third-order valence-electron chi connectivity index (χ3n) is 1.66. The predicted octanol–water partition coefficient (Wildman–Crippen LogP) is 2.11. The van der Waals surface area contributed by atoms with E-state index in [0.29, 0.717) is 18.8 Å². The van der Waals surface area contributed by atoms with Crippen molar-refractivity contribution in [1.29, 1.82) is 0 Å². The monoisotopic (exact) mass is 247 g/mol. The van der Waals surface area contributed by atoms with Crippen LogP contribution in [0.15, 0.2) is 15.9 Å². The Balaban J connectivity index is 2.25. The molecule has 84 valence electrons. The van der Waals surface area contributed by atoms with Crippen LogP contribution in [-0.4, -0.2) is 34.5 Å². The molecule has 0 saturated heterocycles. The fraction of sp³-hybridized carbons (Fsp3) is 0.556. The molecule has 15 heavy (non-hydrogen) atoms. The van der Waals surface area contributed by atoms with Gasteiger partial charge in [-0.3, -0.25) is 0 Å². The maximum Gasteiger partial charge on any atom is 0.332 e. The maximum atomic E-state index is 10.7. The van der Waals surface area contributed by atoms with Crippen LogP contribution in [0.25, 0.3) is 0 Å². The van der Waals surface area contributed by atoms with Crippen LogP contribution in [-0.2, 0) is 9.53 Å². The van der Waals surface area contributed by atoms with Crippen molar-refractivity contribution >= 4 is 29.1 Å². The van der Waals surface area contributed by atoms with Crippen LogP contribution in [0.4, 0.5) is 0 Å². The van der Waals surface area contributed by atoms with Crippen LogP contribution in [0.2, 0.25) is 0 Å². The highest BCUT2D eigenvalue weighted by atomic mass is 32.2. The summed E-state index contributed by atoms with van der Waals surface area (Å²) in [4.78, 5) is 14.8. The lowest BCUT2D eigenvalue weighted by Gasteiger charge is -2.10. The third kappa shape index (κ3) is 4.63. The van der Waals surface area contributed by atoms with Crippen LogP contribution in [0, 0.1) is 0 Å². The molecule has 1 N–H and O–H groups in total. The number of ether oxygens (including phenoxy) is 1. The van der Waals surface area contributed by atoms with Gasteiger partial charge in [-0.1, -0.05) is 11.8 Å². The molecule has 6 heteroatoms. The number of rotatable bonds is 7. The molecule has 0 aromatic carbocycles. The van der Waals surface area contributed by atoms with Crippen molar-refractivity contribution in [3.63, 3.8) is 0 Å². The Bertz CT molecular complexity index is 290. The highest BCUT2D eigenvalue weighted by Gasteiger charge is 2.16. The average Bonchev–Trinajstić information content (AvgIpc) is 2.69. The zero-order valence-electron chi connectivity index (χ0n) is 8.38. The summed E-state index contributed by atoms with van der Waals surface area (Å²) in [6.45, 7) is 2.22. The van der Waals surface area contributed by atoms with E-state index < -0.39 is 12.1 Å². The lowest BCUT2D eigenvalue weighted by atomic mass is 10.3. The lowest BCUT2D eigenvalue weighted by Crippen LogP contribution is -2.24. The molecule has 1 atom stereocenters. The van der Waals surface area contributed by atoms with E-state index in [-0.39, 0.29) is 0 Å². The van der Waals surface area contributed by atoms with Crippen LogP contribution < -0.4 is 0 Å². The average molecular weight is 247 g/mol. The number of aromatic nitrogens is 1. The predicted molar refractivity (Wildman–Crippen MR) is 60.5 cm³/mol. The van der Waals surface area contributed by atoms with Crippen molar-refractivity contribution in [3.05, 3.63) is 11.6 Å². The highest BCUT2D eigenvalue weighted by molar-refractivity contribution is 8.00. The van der Waals surface area contributed by atoms with Crippen molar-refractivity contribution in [1.82, 2.24) is 4.98 Å². The van der Waals surface area contributed by atoms with Gasteiger partial charge in [0.2, 0.25) is 0 Å². The molecule has 1 aromatic heterocycles. The first-order chi connectivity index (χ1) is 7.24. The van der Waals surface area contributed by atoms with Gasteiger partial charge in [0.15, 0.2) is 6.10 Å². The second-order valence-electron chi connectivity index (χ2n) is 2.72. The number of carbonyl (C=O) groups is 1. The third-order valence-corrected chi connectivity index (χ3v) is 3.66. The first kappa shape index (κ1) is 12.5. The molecule has 4 nitrogen and oxygen atoms in total. The number of thiazole rings is 1. The molecule has 0 bridgehead atoms. The summed E-state index contributed by atoms with van der Waals surface area (Å²) in [5.41, 5.74) is 0. The van der Waals surface area contributed by atoms with Crippen molar-refractivity contribution in [2.75, 3.05) is 12.4 Å². The molecule has 0 saturated carbocycles. The number of aliphatic carboxylic acids is 1. The molecule has 0 amide bonds. The normalized spacial score (nSPS) is 12.6. The summed E-state index contributed by atoms with van der Waals surface area (Å²) in [6.07, 6.45) is 1.56. The van der Waals surface area contributed by atoms with Gasteiger partial charge in [-0.25, -0.2) is 9.78 Å². The SMILES string of the molecule is CCOC(CCSc1nccs1)C(=O)O. The van der Waals surface area contributed by atoms with E-state index in [1.807, 2.05) is 5.38 Å². The lowest BCUT2D eigenvalue weighted by molar-refractivity contribution is -0.150. The van der Waals surface area contributed by atoms with E-state index in [2.05, 4.69) is 4.98 Å². The number of carboxylic acid groups (broad SMARTS) is 1. The summed E-state index contributed by atoms with van der Waals surface area (Å²) in [7, 11) is 0. The molecule has 1 unspecified atom stereocenters. The van der Waals surface area contributed by atoms with Gasteiger partial charge in [-0.15, -0.1) is 11.3 Å². The summed E-state index contributed by atoms with van der Waals surface area (Å²) in [5, 5.41) is 10.7. The van der Waals surface area contributed by atoms with Crippen LogP contribution in [0.1, 0.15) is 13.3 Å². The molecule has 1 heterocycles. The quantitative estimate of drug-likeness (QED) is 0.748. The number of nitrogens with zero attached hydrogens (tertiary/aromatic N) is 1. The Labute approximate surface area is 96.7 Å². The second kappa shape index (κ2) is 6.81. The molecule has 0 aliphatic rings. The van der Waals surface area contributed by atoms with Gasteiger partial charge in [0.1, 0.15) is 4.34 Å².